The van der Waals surface area contributed by atoms with Crippen LogP contribution in [0.4, 0.5) is 0 Å². The number of hydrogen-bond donors (Lipinski definition) is 0. The Hall–Kier alpha value is -0.700. The van der Waals surface area contributed by atoms with Crippen LogP contribution < -0.4 is 0 Å². The highest BCUT2D eigenvalue weighted by atomic mass is 35.5. The van der Waals surface area contributed by atoms with Gasteiger partial charge in [-0.05, 0) is 24.4 Å². The van der Waals surface area contributed by atoms with Crippen molar-refractivity contribution in [2.45, 2.75) is 26.8 Å². The molecule has 0 amide bonds. The average molecular weight is 207 g/mol. The molecule has 1 radical (unpaired) electrons. The minimum atomic E-state index is -0.755. The lowest BCUT2D eigenvalue weighted by Crippen LogP contribution is -2.05. The summed E-state index contributed by atoms with van der Waals surface area (Å²) in [6, 6.07) is -0.755. The molecular formula is C8H13ClNO3. The maximum Gasteiger partial charge on any atom is 0.246 e. The minimum Gasteiger partial charge on any atom is -0.279 e. The number of hydrogen-bond acceptors (Lipinski definition) is 3. The van der Waals surface area contributed by atoms with Gasteiger partial charge in [-0.15, -0.1) is 0 Å². The lowest BCUT2D eigenvalue weighted by atomic mass is 10.2. The molecule has 0 N–H and O–H groups in total. The molecule has 1 atom stereocenters. The number of aliphatic imine (C=N–C) groups is 1. The molecule has 75 valence electrons. The predicted octanol–water partition coefficient (Wildman–Crippen LogP) is 1.55. The number of isocyanates is 1. The van der Waals surface area contributed by atoms with Crippen LogP contribution in [0.2, 0.25) is 0 Å². The molecule has 0 bridgehead atoms. The van der Waals surface area contributed by atoms with Crippen LogP contribution in [0.5, 0.6) is 0 Å². The largest absolute Gasteiger partial charge is 0.279 e. The van der Waals surface area contributed by atoms with Gasteiger partial charge < -0.3 is 0 Å². The third-order valence-corrected chi connectivity index (χ3v) is 1.22. The van der Waals surface area contributed by atoms with Crippen molar-refractivity contribution in [3.8, 4) is 0 Å². The Balaban J connectivity index is 0. The number of carbonyl (C=O) groups excluding carboxylic acids is 2. The van der Waals surface area contributed by atoms with Gasteiger partial charge in [0.25, 0.3) is 0 Å². The van der Waals surface area contributed by atoms with Crippen molar-refractivity contribution in [3.63, 3.8) is 0 Å². The molecule has 0 aromatic heterocycles. The minimum absolute atomic E-state index is 0.0556. The molecule has 0 rings (SSSR count). The van der Waals surface area contributed by atoms with Crippen molar-refractivity contribution in [2.24, 2.45) is 10.9 Å². The number of rotatable bonds is 3. The molecule has 13 heavy (non-hydrogen) atoms. The summed E-state index contributed by atoms with van der Waals surface area (Å²) in [7, 11) is 0. The summed E-state index contributed by atoms with van der Waals surface area (Å²) in [4.78, 5) is 22.5. The molecule has 5 heteroatoms. The van der Waals surface area contributed by atoms with E-state index in [4.69, 9.17) is 11.6 Å². The first-order valence-electron chi connectivity index (χ1n) is 3.80. The van der Waals surface area contributed by atoms with E-state index in [0.717, 1.165) is 0 Å². The van der Waals surface area contributed by atoms with Gasteiger partial charge >= 0.3 is 0 Å². The Bertz CT molecular complexity index is 186. The quantitative estimate of drug-likeness (QED) is 0.400. The van der Waals surface area contributed by atoms with Crippen LogP contribution >= 0.6 is 11.6 Å². The van der Waals surface area contributed by atoms with Crippen LogP contribution in [0.3, 0.4) is 0 Å². The van der Waals surface area contributed by atoms with Crippen molar-refractivity contribution < 1.29 is 14.7 Å². The average Bonchev–Trinajstić information content (AvgIpc) is 2.06. The Kier molecular flexibility index (Phi) is 10.7. The maximum absolute atomic E-state index is 10.0. The van der Waals surface area contributed by atoms with Crippen LogP contribution in [-0.2, 0) is 14.7 Å². The maximum atomic E-state index is 10.0. The molecule has 4 nitrogen and oxygen atoms in total. The molecule has 0 saturated carbocycles. The summed E-state index contributed by atoms with van der Waals surface area (Å²) < 4.78 is 0. The molecule has 1 unspecified atom stereocenters. The Morgan fingerprint density at radius 3 is 1.92 bits per heavy atom. The van der Waals surface area contributed by atoms with Gasteiger partial charge in [-0.2, -0.15) is 4.99 Å². The fraction of sp³-hybridized carbons (Fsp3) is 0.750. The number of nitrogens with zero attached hydrogens (tertiary/aromatic N) is 1. The van der Waals surface area contributed by atoms with E-state index >= 15 is 0 Å². The standard InChI is InChI=1S/C4H4ClNO2.C4H9O/c1-3(4(5)8)6-2-7;1-4(2)3-5/h3H,1H3;4H,3H2,1-2H3. The van der Waals surface area contributed by atoms with Gasteiger partial charge in [0.15, 0.2) is 0 Å². The Morgan fingerprint density at radius 2 is 1.85 bits per heavy atom. The van der Waals surface area contributed by atoms with Gasteiger partial charge in [0.2, 0.25) is 11.3 Å². The monoisotopic (exact) mass is 206 g/mol. The third-order valence-electron chi connectivity index (χ3n) is 0.908. The topological polar surface area (TPSA) is 66.4 Å². The van der Waals surface area contributed by atoms with Crippen LogP contribution in [0.15, 0.2) is 4.99 Å². The van der Waals surface area contributed by atoms with Crippen molar-refractivity contribution in [1.29, 1.82) is 0 Å². The zero-order valence-electron chi connectivity index (χ0n) is 7.91. The molecule has 0 aliphatic heterocycles. The second-order valence-electron chi connectivity index (χ2n) is 2.76. The van der Waals surface area contributed by atoms with E-state index in [-0.39, 0.29) is 6.61 Å². The van der Waals surface area contributed by atoms with Gasteiger partial charge in [0.05, 0.1) is 6.61 Å². The summed E-state index contributed by atoms with van der Waals surface area (Å²) in [5.41, 5.74) is 0. The molecule has 0 aromatic rings. The summed E-state index contributed by atoms with van der Waals surface area (Å²) >= 11 is 4.90. The molecule has 0 aromatic carbocycles. The van der Waals surface area contributed by atoms with E-state index in [0.29, 0.717) is 5.92 Å². The Morgan fingerprint density at radius 1 is 1.46 bits per heavy atom. The third kappa shape index (κ3) is 14.2. The van der Waals surface area contributed by atoms with Gasteiger partial charge in [-0.3, -0.25) is 4.79 Å². The van der Waals surface area contributed by atoms with Gasteiger partial charge in [-0.1, -0.05) is 13.8 Å². The van der Waals surface area contributed by atoms with Crippen LogP contribution in [-0.4, -0.2) is 24.0 Å². The lowest BCUT2D eigenvalue weighted by Gasteiger charge is -1.89. The first-order valence-corrected chi connectivity index (χ1v) is 4.17. The van der Waals surface area contributed by atoms with Crippen molar-refractivity contribution in [1.82, 2.24) is 0 Å². The second kappa shape index (κ2) is 9.39. The van der Waals surface area contributed by atoms with Crippen molar-refractivity contribution in [3.05, 3.63) is 0 Å². The van der Waals surface area contributed by atoms with E-state index < -0.39 is 11.3 Å². The predicted molar refractivity (Wildman–Crippen MR) is 48.8 cm³/mol. The normalized spacial score (nSPS) is 10.9. The summed E-state index contributed by atoms with van der Waals surface area (Å²) in [6.45, 7) is 5.29. The summed E-state index contributed by atoms with van der Waals surface area (Å²) in [5.74, 6) is 0.329. The fourth-order valence-electron chi connectivity index (χ4n) is 0.130. The highest BCUT2D eigenvalue weighted by Gasteiger charge is 2.05. The zero-order valence-corrected chi connectivity index (χ0v) is 8.67. The van der Waals surface area contributed by atoms with E-state index in [2.05, 4.69) is 4.99 Å². The van der Waals surface area contributed by atoms with Crippen LogP contribution in [0.1, 0.15) is 20.8 Å². The van der Waals surface area contributed by atoms with Crippen molar-refractivity contribution >= 4 is 22.9 Å². The van der Waals surface area contributed by atoms with Crippen LogP contribution in [0.25, 0.3) is 0 Å². The van der Waals surface area contributed by atoms with E-state index in [1.807, 2.05) is 13.8 Å². The van der Waals surface area contributed by atoms with Crippen LogP contribution in [0, 0.1) is 5.92 Å². The van der Waals surface area contributed by atoms with Crippen molar-refractivity contribution in [2.75, 3.05) is 6.61 Å². The summed E-state index contributed by atoms with van der Waals surface area (Å²) in [5, 5.41) is 8.98. The molecule has 0 aliphatic carbocycles. The molecular weight excluding hydrogens is 194 g/mol. The highest BCUT2D eigenvalue weighted by Crippen LogP contribution is 1.92. The van der Waals surface area contributed by atoms with Gasteiger partial charge in [0.1, 0.15) is 6.04 Å². The molecule has 0 fully saturated rings. The number of halogens is 1. The van der Waals surface area contributed by atoms with E-state index in [9.17, 15) is 14.7 Å². The number of carbonyl (C=O) groups is 1. The molecule has 0 heterocycles. The first-order chi connectivity index (χ1) is 5.95. The molecule has 0 spiro atoms. The molecule has 0 saturated heterocycles. The Labute approximate surface area is 82.6 Å². The zero-order chi connectivity index (χ0) is 10.9. The SMILES string of the molecule is CC(C)C[O].CC(N=C=O)C(=O)Cl. The smallest absolute Gasteiger partial charge is 0.246 e. The second-order valence-corrected chi connectivity index (χ2v) is 3.13. The first kappa shape index (κ1) is 14.8. The summed E-state index contributed by atoms with van der Waals surface area (Å²) in [6.07, 6.45) is 1.22. The van der Waals surface area contributed by atoms with Gasteiger partial charge in [-0.25, -0.2) is 9.90 Å². The highest BCUT2D eigenvalue weighted by molar-refractivity contribution is 6.64. The molecule has 0 aliphatic rings. The lowest BCUT2D eigenvalue weighted by molar-refractivity contribution is -0.112. The van der Waals surface area contributed by atoms with E-state index in [1.54, 1.807) is 0 Å². The van der Waals surface area contributed by atoms with E-state index in [1.165, 1.54) is 13.0 Å². The van der Waals surface area contributed by atoms with Gasteiger partial charge in [0, 0.05) is 0 Å². The fourth-order valence-corrected chi connectivity index (χ4v) is 0.179.